The maximum absolute atomic E-state index is 13.0. The molecule has 2 N–H and O–H groups in total. The predicted molar refractivity (Wildman–Crippen MR) is 76.3 cm³/mol. The number of nitrogens with one attached hydrogen (secondary N) is 2. The second kappa shape index (κ2) is 6.11. The molecule has 1 heterocycles. The first kappa shape index (κ1) is 13.2. The summed E-state index contributed by atoms with van der Waals surface area (Å²) in [5.74, 6) is -0.262. The Hall–Kier alpha value is -1.20. The zero-order valence-electron chi connectivity index (χ0n) is 10.4. The van der Waals surface area contributed by atoms with Crippen molar-refractivity contribution < 1.29 is 4.39 Å². The summed E-state index contributed by atoms with van der Waals surface area (Å²) in [6, 6.07) is 6.72. The average Bonchev–Trinajstić information content (AvgIpc) is 2.32. The zero-order valence-corrected chi connectivity index (χ0v) is 11.3. The van der Waals surface area contributed by atoms with E-state index in [-0.39, 0.29) is 5.82 Å². The van der Waals surface area contributed by atoms with Crippen molar-refractivity contribution in [3.05, 3.63) is 30.1 Å². The van der Waals surface area contributed by atoms with Crippen molar-refractivity contribution in [2.75, 3.05) is 25.5 Å². The third kappa shape index (κ3) is 3.92. The van der Waals surface area contributed by atoms with E-state index < -0.39 is 0 Å². The Morgan fingerprint density at radius 1 is 1.39 bits per heavy atom. The monoisotopic (exact) mass is 267 g/mol. The van der Waals surface area contributed by atoms with Crippen LogP contribution in [0.3, 0.4) is 0 Å². The minimum absolute atomic E-state index is 0.262. The van der Waals surface area contributed by atoms with Crippen molar-refractivity contribution in [2.45, 2.75) is 18.9 Å². The third-order valence-corrected chi connectivity index (χ3v) is 3.36. The Morgan fingerprint density at radius 2 is 2.11 bits per heavy atom. The van der Waals surface area contributed by atoms with E-state index in [2.05, 4.69) is 22.6 Å². The van der Waals surface area contributed by atoms with Gasteiger partial charge in [-0.1, -0.05) is 6.07 Å². The fourth-order valence-corrected chi connectivity index (χ4v) is 2.36. The van der Waals surface area contributed by atoms with Crippen molar-refractivity contribution in [1.29, 1.82) is 0 Å². The van der Waals surface area contributed by atoms with Crippen LogP contribution in [-0.4, -0.2) is 36.2 Å². The highest BCUT2D eigenvalue weighted by Gasteiger charge is 2.16. The van der Waals surface area contributed by atoms with Gasteiger partial charge in [-0.25, -0.2) is 4.39 Å². The van der Waals surface area contributed by atoms with Gasteiger partial charge in [0.15, 0.2) is 5.11 Å². The number of hydrogen-bond acceptors (Lipinski definition) is 2. The normalized spacial score (nSPS) is 17.4. The molecule has 0 atom stereocenters. The molecule has 0 unspecified atom stereocenters. The first-order valence-corrected chi connectivity index (χ1v) is 6.56. The van der Waals surface area contributed by atoms with Gasteiger partial charge in [-0.3, -0.25) is 0 Å². The van der Waals surface area contributed by atoms with Crippen molar-refractivity contribution in [3.63, 3.8) is 0 Å². The molecule has 1 aromatic rings. The highest BCUT2D eigenvalue weighted by Crippen LogP contribution is 2.11. The fraction of sp³-hybridized carbons (Fsp3) is 0.462. The summed E-state index contributed by atoms with van der Waals surface area (Å²) in [6.07, 6.45) is 2.17. The van der Waals surface area contributed by atoms with Crippen LogP contribution in [0, 0.1) is 5.82 Å². The molecule has 1 aliphatic heterocycles. The number of anilines is 1. The molecule has 5 heteroatoms. The molecule has 3 nitrogen and oxygen atoms in total. The number of likely N-dealkylation sites (tertiary alicyclic amines) is 1. The van der Waals surface area contributed by atoms with E-state index in [4.69, 9.17) is 12.2 Å². The van der Waals surface area contributed by atoms with Gasteiger partial charge in [-0.15, -0.1) is 0 Å². The molecule has 0 saturated carbocycles. The zero-order chi connectivity index (χ0) is 13.0. The summed E-state index contributed by atoms with van der Waals surface area (Å²) in [6.45, 7) is 2.17. The van der Waals surface area contributed by atoms with Crippen molar-refractivity contribution >= 4 is 23.0 Å². The number of hydrogen-bond donors (Lipinski definition) is 2. The number of thiocarbonyl (C=S) groups is 1. The molecule has 2 rings (SSSR count). The molecule has 1 aromatic carbocycles. The average molecular weight is 267 g/mol. The van der Waals surface area contributed by atoms with Crippen molar-refractivity contribution in [3.8, 4) is 0 Å². The largest absolute Gasteiger partial charge is 0.360 e. The molecule has 1 aliphatic rings. The van der Waals surface area contributed by atoms with Crippen LogP contribution in [0.4, 0.5) is 10.1 Å². The Kier molecular flexibility index (Phi) is 4.49. The maximum Gasteiger partial charge on any atom is 0.170 e. The smallest absolute Gasteiger partial charge is 0.170 e. The van der Waals surface area contributed by atoms with E-state index in [9.17, 15) is 4.39 Å². The molecule has 18 heavy (non-hydrogen) atoms. The van der Waals surface area contributed by atoms with Crippen LogP contribution in [0.15, 0.2) is 24.3 Å². The van der Waals surface area contributed by atoms with E-state index in [0.717, 1.165) is 25.9 Å². The predicted octanol–water partition coefficient (Wildman–Crippen LogP) is 2.21. The maximum atomic E-state index is 13.0. The molecule has 0 radical (unpaired) electrons. The van der Waals surface area contributed by atoms with Gasteiger partial charge in [0.05, 0.1) is 0 Å². The number of nitrogens with zero attached hydrogens (tertiary/aromatic N) is 1. The lowest BCUT2D eigenvalue weighted by molar-refractivity contribution is 0.247. The summed E-state index contributed by atoms with van der Waals surface area (Å²) in [4.78, 5) is 2.31. The lowest BCUT2D eigenvalue weighted by Crippen LogP contribution is -2.44. The minimum atomic E-state index is -0.262. The Bertz CT molecular complexity index is 416. The van der Waals surface area contributed by atoms with Gasteiger partial charge < -0.3 is 15.5 Å². The first-order chi connectivity index (χ1) is 8.63. The topological polar surface area (TPSA) is 27.3 Å². The SMILES string of the molecule is CN1CCC(NC(=S)Nc2cccc(F)c2)CC1. The van der Waals surface area contributed by atoms with Gasteiger partial charge in [0.25, 0.3) is 0 Å². The number of rotatable bonds is 2. The van der Waals surface area contributed by atoms with Crippen LogP contribution in [0.5, 0.6) is 0 Å². The second-order valence-corrected chi connectivity index (χ2v) is 5.09. The van der Waals surface area contributed by atoms with Crippen LogP contribution in [0.25, 0.3) is 0 Å². The lowest BCUT2D eigenvalue weighted by atomic mass is 10.1. The van der Waals surface area contributed by atoms with E-state index in [1.165, 1.54) is 12.1 Å². The van der Waals surface area contributed by atoms with Gasteiger partial charge in [-0.05, 0) is 63.4 Å². The molecular weight excluding hydrogens is 249 g/mol. The molecule has 0 aliphatic carbocycles. The highest BCUT2D eigenvalue weighted by atomic mass is 32.1. The van der Waals surface area contributed by atoms with E-state index in [1.54, 1.807) is 12.1 Å². The van der Waals surface area contributed by atoms with Crippen LogP contribution >= 0.6 is 12.2 Å². The lowest BCUT2D eigenvalue weighted by Gasteiger charge is -2.30. The van der Waals surface area contributed by atoms with Gasteiger partial charge in [0, 0.05) is 11.7 Å². The van der Waals surface area contributed by atoms with Crippen LogP contribution in [-0.2, 0) is 0 Å². The fourth-order valence-electron chi connectivity index (χ4n) is 2.07. The molecule has 98 valence electrons. The van der Waals surface area contributed by atoms with Gasteiger partial charge >= 0.3 is 0 Å². The molecule has 1 fully saturated rings. The quantitative estimate of drug-likeness (QED) is 0.803. The number of benzene rings is 1. The van der Waals surface area contributed by atoms with E-state index >= 15 is 0 Å². The van der Waals surface area contributed by atoms with Gasteiger partial charge in [-0.2, -0.15) is 0 Å². The molecule has 0 aromatic heterocycles. The van der Waals surface area contributed by atoms with Crippen molar-refractivity contribution in [1.82, 2.24) is 10.2 Å². The Morgan fingerprint density at radius 3 is 2.78 bits per heavy atom. The number of piperidine rings is 1. The molecule has 0 amide bonds. The summed E-state index contributed by atoms with van der Waals surface area (Å²) in [7, 11) is 2.12. The summed E-state index contributed by atoms with van der Waals surface area (Å²) in [5.41, 5.74) is 0.681. The van der Waals surface area contributed by atoms with Gasteiger partial charge in [0.2, 0.25) is 0 Å². The van der Waals surface area contributed by atoms with Crippen LogP contribution in [0.1, 0.15) is 12.8 Å². The van der Waals surface area contributed by atoms with Gasteiger partial charge in [0.1, 0.15) is 5.82 Å². The third-order valence-electron chi connectivity index (χ3n) is 3.14. The standard InChI is InChI=1S/C13H18FN3S/c1-17-7-5-11(6-8-17)15-13(18)16-12-4-2-3-10(14)9-12/h2-4,9,11H,5-8H2,1H3,(H2,15,16,18). The van der Waals surface area contributed by atoms with Crippen LogP contribution in [0.2, 0.25) is 0 Å². The summed E-state index contributed by atoms with van der Waals surface area (Å²) >= 11 is 5.23. The molecule has 0 bridgehead atoms. The molecular formula is C13H18FN3S. The second-order valence-electron chi connectivity index (χ2n) is 4.69. The Balaban J connectivity index is 1.82. The Labute approximate surface area is 112 Å². The molecule has 1 saturated heterocycles. The first-order valence-electron chi connectivity index (χ1n) is 6.15. The number of halogens is 1. The molecule has 0 spiro atoms. The van der Waals surface area contributed by atoms with E-state index in [1.807, 2.05) is 0 Å². The highest BCUT2D eigenvalue weighted by molar-refractivity contribution is 7.80. The summed E-state index contributed by atoms with van der Waals surface area (Å²) < 4.78 is 13.0. The van der Waals surface area contributed by atoms with Crippen molar-refractivity contribution in [2.24, 2.45) is 0 Å². The van der Waals surface area contributed by atoms with E-state index in [0.29, 0.717) is 16.8 Å². The van der Waals surface area contributed by atoms with Crippen LogP contribution < -0.4 is 10.6 Å². The minimum Gasteiger partial charge on any atom is -0.360 e. The summed E-state index contributed by atoms with van der Waals surface area (Å²) in [5, 5.41) is 6.85.